The first-order chi connectivity index (χ1) is 25.0. The summed E-state index contributed by atoms with van der Waals surface area (Å²) in [7, 11) is 0. The Labute approximate surface area is 306 Å². The molecule has 5 rings (SSSR count). The van der Waals surface area contributed by atoms with Crippen LogP contribution < -0.4 is 26.6 Å². The molecule has 0 unspecified atom stereocenters. The van der Waals surface area contributed by atoms with Gasteiger partial charge in [0.05, 0.1) is 17.1 Å². The highest BCUT2D eigenvalue weighted by molar-refractivity contribution is 6.34. The summed E-state index contributed by atoms with van der Waals surface area (Å²) in [5, 5.41) is 14.1. The highest BCUT2D eigenvalue weighted by atomic mass is 35.5. The molecule has 13 heteroatoms. The van der Waals surface area contributed by atoms with Gasteiger partial charge >= 0.3 is 0 Å². The molecule has 0 saturated carbocycles. The van der Waals surface area contributed by atoms with Gasteiger partial charge < -0.3 is 26.6 Å². The van der Waals surface area contributed by atoms with Crippen LogP contribution in [0.2, 0.25) is 5.02 Å². The fourth-order valence-electron chi connectivity index (χ4n) is 5.85. The number of benzene rings is 4. The van der Waals surface area contributed by atoms with E-state index >= 15 is 0 Å². The third kappa shape index (κ3) is 10.2. The van der Waals surface area contributed by atoms with E-state index in [1.54, 1.807) is 68.4 Å². The van der Waals surface area contributed by atoms with E-state index in [4.69, 9.17) is 11.6 Å². The Balaban J connectivity index is 1.01. The molecule has 270 valence electrons. The highest BCUT2D eigenvalue weighted by Gasteiger charge is 2.26. The fourth-order valence-corrected chi connectivity index (χ4v) is 6.11. The maximum Gasteiger partial charge on any atom is 0.257 e. The first kappa shape index (κ1) is 37.7. The fraction of sp³-hybridized carbons (Fsp3) is 0.256. The SMILES string of the molecule is Cc1ccc(F)cc1NC(=O)c1cccc(NC(=O)CN2CCC(C(=O)NCCC(=O)Nc3ccc(C(=O)Nc4ccccc4)c(Cl)c3)CC2)c1C. The Morgan fingerprint density at radius 2 is 1.46 bits per heavy atom. The summed E-state index contributed by atoms with van der Waals surface area (Å²) >= 11 is 6.32. The van der Waals surface area contributed by atoms with Gasteiger partial charge in [-0.05, 0) is 106 Å². The van der Waals surface area contributed by atoms with Gasteiger partial charge in [-0.15, -0.1) is 0 Å². The van der Waals surface area contributed by atoms with Crippen molar-refractivity contribution >= 4 is 63.9 Å². The molecule has 0 radical (unpaired) electrons. The number of aryl methyl sites for hydroxylation is 1. The van der Waals surface area contributed by atoms with Gasteiger partial charge in [0.1, 0.15) is 5.82 Å². The minimum Gasteiger partial charge on any atom is -0.355 e. The lowest BCUT2D eigenvalue weighted by atomic mass is 9.96. The normalized spacial score (nSPS) is 13.2. The molecule has 4 aromatic carbocycles. The van der Waals surface area contributed by atoms with Crippen LogP contribution >= 0.6 is 11.6 Å². The van der Waals surface area contributed by atoms with Crippen LogP contribution in [0, 0.1) is 25.6 Å². The molecule has 0 bridgehead atoms. The number of nitrogens with one attached hydrogen (secondary N) is 5. The zero-order chi connectivity index (χ0) is 37.2. The summed E-state index contributed by atoms with van der Waals surface area (Å²) in [6.07, 6.45) is 1.16. The third-order valence-electron chi connectivity index (χ3n) is 8.81. The monoisotopic (exact) mass is 726 g/mol. The Kier molecular flexibility index (Phi) is 12.7. The number of carbonyl (C=O) groups excluding carboxylic acids is 5. The van der Waals surface area contributed by atoms with Crippen molar-refractivity contribution in [2.75, 3.05) is 47.4 Å². The number of halogens is 2. The first-order valence-electron chi connectivity index (χ1n) is 16.9. The summed E-state index contributed by atoms with van der Waals surface area (Å²) in [4.78, 5) is 65.8. The number of anilines is 4. The minimum absolute atomic E-state index is 0.0470. The second-order valence-electron chi connectivity index (χ2n) is 12.6. The molecule has 5 amide bonds. The van der Waals surface area contributed by atoms with Gasteiger partial charge in [-0.2, -0.15) is 0 Å². The molecule has 0 aliphatic carbocycles. The van der Waals surface area contributed by atoms with E-state index in [-0.39, 0.29) is 59.6 Å². The van der Waals surface area contributed by atoms with Crippen molar-refractivity contribution in [2.45, 2.75) is 33.1 Å². The number of piperidine rings is 1. The van der Waals surface area contributed by atoms with E-state index in [1.807, 2.05) is 11.0 Å². The van der Waals surface area contributed by atoms with Crippen LogP contribution in [-0.4, -0.2) is 60.6 Å². The smallest absolute Gasteiger partial charge is 0.257 e. The number of hydrogen-bond donors (Lipinski definition) is 5. The minimum atomic E-state index is -0.456. The maximum absolute atomic E-state index is 13.7. The molecule has 4 aromatic rings. The number of para-hydroxylation sites is 1. The summed E-state index contributed by atoms with van der Waals surface area (Å²) < 4.78 is 13.7. The van der Waals surface area contributed by atoms with Crippen LogP contribution in [0.25, 0.3) is 0 Å². The van der Waals surface area contributed by atoms with Crippen LogP contribution in [0.5, 0.6) is 0 Å². The molecule has 11 nitrogen and oxygen atoms in total. The van der Waals surface area contributed by atoms with Crippen LogP contribution in [0.1, 0.15) is 51.1 Å². The van der Waals surface area contributed by atoms with Crippen molar-refractivity contribution < 1.29 is 28.4 Å². The van der Waals surface area contributed by atoms with Crippen molar-refractivity contribution in [3.05, 3.63) is 118 Å². The van der Waals surface area contributed by atoms with E-state index in [2.05, 4.69) is 26.6 Å². The van der Waals surface area contributed by atoms with Gasteiger partial charge in [0.15, 0.2) is 0 Å². The van der Waals surface area contributed by atoms with Crippen molar-refractivity contribution in [3.8, 4) is 0 Å². The van der Waals surface area contributed by atoms with Crippen molar-refractivity contribution in [1.82, 2.24) is 10.2 Å². The third-order valence-corrected chi connectivity index (χ3v) is 9.12. The number of rotatable bonds is 12. The van der Waals surface area contributed by atoms with Crippen molar-refractivity contribution in [2.24, 2.45) is 5.92 Å². The van der Waals surface area contributed by atoms with E-state index in [0.29, 0.717) is 59.8 Å². The topological polar surface area (TPSA) is 149 Å². The number of amides is 5. The van der Waals surface area contributed by atoms with Gasteiger partial charge in [-0.1, -0.05) is 41.9 Å². The number of carbonyl (C=O) groups is 5. The predicted molar refractivity (Wildman–Crippen MR) is 200 cm³/mol. The zero-order valence-corrected chi connectivity index (χ0v) is 29.6. The molecular formula is C39H40ClFN6O5. The van der Waals surface area contributed by atoms with Crippen LogP contribution in [-0.2, 0) is 14.4 Å². The second-order valence-corrected chi connectivity index (χ2v) is 13.0. The molecule has 1 saturated heterocycles. The summed E-state index contributed by atoms with van der Waals surface area (Å²) in [5.74, 6) is -2.19. The lowest BCUT2D eigenvalue weighted by Crippen LogP contribution is -2.43. The molecule has 0 aromatic heterocycles. The summed E-state index contributed by atoms with van der Waals surface area (Å²) in [5.41, 5.74) is 3.86. The second kappa shape index (κ2) is 17.6. The highest BCUT2D eigenvalue weighted by Crippen LogP contribution is 2.24. The van der Waals surface area contributed by atoms with E-state index in [9.17, 15) is 28.4 Å². The standard InChI is InChI=1S/C39H40ClFN6O5/c1-24-11-12-27(41)21-34(24)46-38(51)30-9-6-10-33(25(30)2)45-36(49)23-47-19-16-26(17-20-47)37(50)42-18-15-35(48)43-29-13-14-31(32(40)22-29)39(52)44-28-7-4-3-5-8-28/h3-14,21-22,26H,15-20,23H2,1-2H3,(H,42,50)(H,43,48)(H,44,52)(H,45,49)(H,46,51). The number of nitrogens with zero attached hydrogens (tertiary/aromatic N) is 1. The van der Waals surface area contributed by atoms with Crippen LogP contribution in [0.15, 0.2) is 84.9 Å². The molecule has 5 N–H and O–H groups in total. The Hall–Kier alpha value is -5.59. The number of likely N-dealkylation sites (tertiary alicyclic amines) is 1. The molecule has 52 heavy (non-hydrogen) atoms. The number of hydrogen-bond acceptors (Lipinski definition) is 6. The maximum atomic E-state index is 13.7. The molecule has 1 fully saturated rings. The van der Waals surface area contributed by atoms with Crippen LogP contribution in [0.3, 0.4) is 0 Å². The van der Waals surface area contributed by atoms with E-state index in [0.717, 1.165) is 5.56 Å². The summed E-state index contributed by atoms with van der Waals surface area (Å²) in [6.45, 7) is 4.86. The van der Waals surface area contributed by atoms with Crippen LogP contribution in [0.4, 0.5) is 27.1 Å². The zero-order valence-electron chi connectivity index (χ0n) is 28.9. The van der Waals surface area contributed by atoms with Gasteiger partial charge in [0.2, 0.25) is 17.7 Å². The molecule has 0 atom stereocenters. The average molecular weight is 727 g/mol. The van der Waals surface area contributed by atoms with Crippen molar-refractivity contribution in [1.29, 1.82) is 0 Å². The predicted octanol–water partition coefficient (Wildman–Crippen LogP) is 6.40. The lowest BCUT2D eigenvalue weighted by Gasteiger charge is -2.30. The lowest BCUT2D eigenvalue weighted by molar-refractivity contribution is -0.126. The average Bonchev–Trinajstić information content (AvgIpc) is 3.11. The molecule has 1 heterocycles. The van der Waals surface area contributed by atoms with Gasteiger partial charge in [-0.25, -0.2) is 4.39 Å². The Morgan fingerprint density at radius 3 is 2.19 bits per heavy atom. The molecule has 0 spiro atoms. The Bertz CT molecular complexity index is 1970. The molecular weight excluding hydrogens is 687 g/mol. The van der Waals surface area contributed by atoms with Gasteiger partial charge in [0, 0.05) is 47.2 Å². The Morgan fingerprint density at radius 1 is 0.731 bits per heavy atom. The largest absolute Gasteiger partial charge is 0.355 e. The van der Waals surface area contributed by atoms with Crippen molar-refractivity contribution in [3.63, 3.8) is 0 Å². The first-order valence-corrected chi connectivity index (χ1v) is 17.3. The van der Waals surface area contributed by atoms with Gasteiger partial charge in [0.25, 0.3) is 11.8 Å². The van der Waals surface area contributed by atoms with Gasteiger partial charge in [-0.3, -0.25) is 28.9 Å². The quantitative estimate of drug-likeness (QED) is 0.114. The molecule has 1 aliphatic rings. The molecule has 1 aliphatic heterocycles. The van der Waals surface area contributed by atoms with E-state index in [1.165, 1.54) is 24.3 Å². The summed E-state index contributed by atoms with van der Waals surface area (Å²) in [6, 6.07) is 22.8. The van der Waals surface area contributed by atoms with E-state index < -0.39 is 11.7 Å².